The molecule has 0 radical (unpaired) electrons. The third-order valence-corrected chi connectivity index (χ3v) is 2.52. The van der Waals surface area contributed by atoms with Crippen LogP contribution in [0.5, 0.6) is 0 Å². The van der Waals surface area contributed by atoms with Gasteiger partial charge in [0.2, 0.25) is 5.91 Å². The van der Waals surface area contributed by atoms with Gasteiger partial charge in [0.25, 0.3) is 0 Å². The van der Waals surface area contributed by atoms with Crippen molar-refractivity contribution >= 4 is 11.9 Å². The summed E-state index contributed by atoms with van der Waals surface area (Å²) >= 11 is 0. The average Bonchev–Trinajstić information content (AvgIpc) is 2.75. The normalized spacial score (nSPS) is 13.8. The van der Waals surface area contributed by atoms with Gasteiger partial charge in [0.15, 0.2) is 0 Å². The number of rotatable bonds is 5. The van der Waals surface area contributed by atoms with Gasteiger partial charge in [0, 0.05) is 18.8 Å². The lowest BCUT2D eigenvalue weighted by atomic mass is 10.1. The van der Waals surface area contributed by atoms with Gasteiger partial charge >= 0.3 is 5.97 Å². The number of nitrogens with zero attached hydrogens (tertiary/aromatic N) is 2. The van der Waals surface area contributed by atoms with Crippen LogP contribution in [0, 0.1) is 0 Å². The number of hydrogen-bond acceptors (Lipinski definition) is 5. The van der Waals surface area contributed by atoms with Crippen LogP contribution in [-0.4, -0.2) is 41.9 Å². The van der Waals surface area contributed by atoms with E-state index < -0.39 is 18.1 Å². The van der Waals surface area contributed by atoms with Gasteiger partial charge in [-0.1, -0.05) is 0 Å². The molecule has 0 aliphatic rings. The number of carbonyl (C=O) groups is 2. The summed E-state index contributed by atoms with van der Waals surface area (Å²) in [4.78, 5) is 23.2. The predicted octanol–water partition coefficient (Wildman–Crippen LogP) is -0.642. The van der Waals surface area contributed by atoms with E-state index in [0.717, 1.165) is 5.56 Å². The maximum absolute atomic E-state index is 12.0. The predicted molar refractivity (Wildman–Crippen MR) is 64.6 cm³/mol. The van der Waals surface area contributed by atoms with Crippen molar-refractivity contribution in [2.75, 3.05) is 14.2 Å². The number of nitrogens with one attached hydrogen (secondary N) is 2. The number of carbonyl (C=O) groups excluding carboxylic acids is 2. The Morgan fingerprint density at radius 2 is 2.17 bits per heavy atom. The molecular formula is C11H18N4O3. The molecule has 0 saturated carbocycles. The molecule has 1 amide bonds. The molecule has 0 saturated heterocycles. The van der Waals surface area contributed by atoms with Gasteiger partial charge < -0.3 is 15.4 Å². The van der Waals surface area contributed by atoms with Crippen LogP contribution in [0.2, 0.25) is 0 Å². The lowest BCUT2D eigenvalue weighted by Crippen LogP contribution is -2.44. The summed E-state index contributed by atoms with van der Waals surface area (Å²) in [7, 11) is 4.72. The Balaban J connectivity index is 2.72. The molecule has 2 N–H and O–H groups in total. The van der Waals surface area contributed by atoms with Crippen LogP contribution in [0.1, 0.15) is 18.5 Å². The van der Waals surface area contributed by atoms with Crippen LogP contribution in [0.3, 0.4) is 0 Å². The molecule has 2 atom stereocenters. The van der Waals surface area contributed by atoms with Gasteiger partial charge in [-0.3, -0.25) is 9.48 Å². The van der Waals surface area contributed by atoms with Gasteiger partial charge in [0.05, 0.1) is 13.3 Å². The van der Waals surface area contributed by atoms with Crippen molar-refractivity contribution in [1.29, 1.82) is 0 Å². The Hall–Kier alpha value is -1.89. The number of amides is 1. The first kappa shape index (κ1) is 14.2. The smallest absolute Gasteiger partial charge is 0.328 e. The van der Waals surface area contributed by atoms with E-state index in [2.05, 4.69) is 20.5 Å². The van der Waals surface area contributed by atoms with Crippen molar-refractivity contribution in [3.05, 3.63) is 18.0 Å². The topological polar surface area (TPSA) is 85.2 Å². The summed E-state index contributed by atoms with van der Waals surface area (Å²) in [5.74, 6) is -0.784. The number of aryl methyl sites for hydroxylation is 1. The SMILES string of the molecule is CNC(C(=O)N[C@@H](C)C(=O)OC)c1cnn(C)c1. The Labute approximate surface area is 105 Å². The molecule has 0 aromatic carbocycles. The Kier molecular flexibility index (Phi) is 4.85. The van der Waals surface area contributed by atoms with Crippen molar-refractivity contribution in [3.63, 3.8) is 0 Å². The lowest BCUT2D eigenvalue weighted by Gasteiger charge is -2.17. The molecule has 0 bridgehead atoms. The fraction of sp³-hybridized carbons (Fsp3) is 0.545. The maximum atomic E-state index is 12.0. The van der Waals surface area contributed by atoms with E-state index in [1.54, 1.807) is 38.1 Å². The van der Waals surface area contributed by atoms with Crippen molar-refractivity contribution in [2.45, 2.75) is 19.0 Å². The number of hydrogen-bond donors (Lipinski definition) is 2. The van der Waals surface area contributed by atoms with Crippen LogP contribution in [0.4, 0.5) is 0 Å². The number of aromatic nitrogens is 2. The van der Waals surface area contributed by atoms with E-state index >= 15 is 0 Å². The summed E-state index contributed by atoms with van der Waals surface area (Å²) in [6.45, 7) is 1.57. The second-order valence-corrected chi connectivity index (χ2v) is 3.92. The Bertz CT molecular complexity index is 430. The van der Waals surface area contributed by atoms with E-state index in [-0.39, 0.29) is 5.91 Å². The fourth-order valence-electron chi connectivity index (χ4n) is 1.57. The molecule has 1 unspecified atom stereocenters. The first-order valence-corrected chi connectivity index (χ1v) is 5.53. The Morgan fingerprint density at radius 1 is 1.50 bits per heavy atom. The Morgan fingerprint density at radius 3 is 2.61 bits per heavy atom. The van der Waals surface area contributed by atoms with Crippen LogP contribution >= 0.6 is 0 Å². The zero-order chi connectivity index (χ0) is 13.7. The molecule has 100 valence electrons. The second kappa shape index (κ2) is 6.15. The fourth-order valence-corrected chi connectivity index (χ4v) is 1.57. The standard InChI is InChI=1S/C11H18N4O3/c1-7(11(17)18-4)14-10(16)9(12-2)8-5-13-15(3)6-8/h5-7,9,12H,1-4H3,(H,14,16)/t7-,9?/m0/s1. The highest BCUT2D eigenvalue weighted by Gasteiger charge is 2.24. The quantitative estimate of drug-likeness (QED) is 0.683. The number of methoxy groups -OCH3 is 1. The number of likely N-dealkylation sites (N-methyl/N-ethyl adjacent to an activating group) is 1. The molecule has 1 aromatic rings. The van der Waals surface area contributed by atoms with Gasteiger partial charge in [-0.15, -0.1) is 0 Å². The molecular weight excluding hydrogens is 236 g/mol. The van der Waals surface area contributed by atoms with Crippen molar-refractivity contribution in [1.82, 2.24) is 20.4 Å². The average molecular weight is 254 g/mol. The molecule has 1 rings (SSSR count). The number of ether oxygens (including phenoxy) is 1. The molecule has 1 aromatic heterocycles. The van der Waals surface area contributed by atoms with Crippen LogP contribution in [-0.2, 0) is 21.4 Å². The van der Waals surface area contributed by atoms with Crippen LogP contribution < -0.4 is 10.6 Å². The summed E-state index contributed by atoms with van der Waals surface area (Å²) < 4.78 is 6.15. The van der Waals surface area contributed by atoms with E-state index in [0.29, 0.717) is 0 Å². The highest BCUT2D eigenvalue weighted by Crippen LogP contribution is 2.11. The summed E-state index contributed by atoms with van der Waals surface area (Å²) in [5, 5.41) is 9.46. The minimum atomic E-state index is -0.685. The first-order valence-electron chi connectivity index (χ1n) is 5.53. The lowest BCUT2D eigenvalue weighted by molar-refractivity contribution is -0.144. The van der Waals surface area contributed by atoms with Crippen molar-refractivity contribution < 1.29 is 14.3 Å². The van der Waals surface area contributed by atoms with E-state index in [1.165, 1.54) is 7.11 Å². The number of esters is 1. The van der Waals surface area contributed by atoms with Gasteiger partial charge in [0.1, 0.15) is 12.1 Å². The molecule has 0 aliphatic heterocycles. The van der Waals surface area contributed by atoms with Gasteiger partial charge in [-0.05, 0) is 14.0 Å². The minimum absolute atomic E-state index is 0.302. The largest absolute Gasteiger partial charge is 0.467 e. The van der Waals surface area contributed by atoms with Crippen molar-refractivity contribution in [3.8, 4) is 0 Å². The highest BCUT2D eigenvalue weighted by atomic mass is 16.5. The summed E-state index contributed by atoms with van der Waals surface area (Å²) in [6, 6.07) is -1.24. The maximum Gasteiger partial charge on any atom is 0.328 e. The van der Waals surface area contributed by atoms with E-state index in [4.69, 9.17) is 0 Å². The summed E-state index contributed by atoms with van der Waals surface area (Å²) in [5.41, 5.74) is 0.731. The van der Waals surface area contributed by atoms with Gasteiger partial charge in [-0.25, -0.2) is 4.79 Å². The molecule has 0 spiro atoms. The first-order chi connectivity index (χ1) is 8.49. The van der Waals surface area contributed by atoms with E-state index in [1.807, 2.05) is 0 Å². The van der Waals surface area contributed by atoms with Gasteiger partial charge in [-0.2, -0.15) is 5.10 Å². The van der Waals surface area contributed by atoms with Crippen molar-refractivity contribution in [2.24, 2.45) is 7.05 Å². The zero-order valence-electron chi connectivity index (χ0n) is 10.9. The molecule has 7 heteroatoms. The summed E-state index contributed by atoms with van der Waals surface area (Å²) in [6.07, 6.45) is 3.34. The van der Waals surface area contributed by atoms with Crippen LogP contribution in [0.15, 0.2) is 12.4 Å². The monoisotopic (exact) mass is 254 g/mol. The van der Waals surface area contributed by atoms with Crippen LogP contribution in [0.25, 0.3) is 0 Å². The molecule has 1 heterocycles. The third-order valence-electron chi connectivity index (χ3n) is 2.52. The second-order valence-electron chi connectivity index (χ2n) is 3.92. The minimum Gasteiger partial charge on any atom is -0.467 e. The molecule has 0 fully saturated rings. The highest BCUT2D eigenvalue weighted by molar-refractivity contribution is 5.88. The molecule has 0 aliphatic carbocycles. The molecule has 18 heavy (non-hydrogen) atoms. The zero-order valence-corrected chi connectivity index (χ0v) is 10.9. The molecule has 7 nitrogen and oxygen atoms in total. The van der Waals surface area contributed by atoms with E-state index in [9.17, 15) is 9.59 Å². The third kappa shape index (κ3) is 3.30.